The molecule has 18 heavy (non-hydrogen) atoms. The largest absolute Gasteiger partial charge is 0.334 e. The van der Waals surface area contributed by atoms with Crippen molar-refractivity contribution in [1.29, 1.82) is 0 Å². The molecule has 0 spiro atoms. The predicted octanol–water partition coefficient (Wildman–Crippen LogP) is 2.09. The molecule has 98 valence electrons. The zero-order valence-corrected chi connectivity index (χ0v) is 11.4. The van der Waals surface area contributed by atoms with Crippen molar-refractivity contribution in [3.8, 4) is 0 Å². The van der Waals surface area contributed by atoms with Crippen molar-refractivity contribution in [2.75, 3.05) is 7.05 Å². The van der Waals surface area contributed by atoms with Gasteiger partial charge >= 0.3 is 0 Å². The Morgan fingerprint density at radius 3 is 2.50 bits per heavy atom. The molecule has 1 aliphatic carbocycles. The summed E-state index contributed by atoms with van der Waals surface area (Å²) in [6.45, 7) is 4.74. The Bertz CT molecular complexity index is 409. The van der Waals surface area contributed by atoms with E-state index in [4.69, 9.17) is 0 Å². The molecule has 0 radical (unpaired) electrons. The Balaban J connectivity index is 2.06. The van der Waals surface area contributed by atoms with Gasteiger partial charge in [0.2, 0.25) is 5.91 Å². The van der Waals surface area contributed by atoms with Gasteiger partial charge < -0.3 is 10.2 Å². The maximum atomic E-state index is 12.3. The van der Waals surface area contributed by atoms with E-state index in [9.17, 15) is 4.79 Å². The van der Waals surface area contributed by atoms with Gasteiger partial charge in [-0.1, -0.05) is 29.8 Å². The number of benzene rings is 1. The molecule has 3 heteroatoms. The number of nitrogens with zero attached hydrogens (tertiary/aromatic N) is 1. The van der Waals surface area contributed by atoms with Crippen LogP contribution in [-0.2, 0) is 11.3 Å². The smallest absolute Gasteiger partial charge is 0.239 e. The molecular formula is C15H22N2O. The highest BCUT2D eigenvalue weighted by molar-refractivity contribution is 5.82. The fourth-order valence-electron chi connectivity index (χ4n) is 2.04. The lowest BCUT2D eigenvalue weighted by molar-refractivity contribution is -0.134. The minimum absolute atomic E-state index is 0.101. The number of nitrogens with one attached hydrogen (secondary N) is 1. The van der Waals surface area contributed by atoms with Crippen molar-refractivity contribution in [1.82, 2.24) is 10.2 Å². The highest BCUT2D eigenvalue weighted by Crippen LogP contribution is 2.29. The van der Waals surface area contributed by atoms with Crippen LogP contribution in [0.3, 0.4) is 0 Å². The highest BCUT2D eigenvalue weighted by Gasteiger charge is 2.34. The van der Waals surface area contributed by atoms with E-state index in [2.05, 4.69) is 36.5 Å². The monoisotopic (exact) mass is 246 g/mol. The van der Waals surface area contributed by atoms with Crippen LogP contribution in [0.25, 0.3) is 0 Å². The lowest BCUT2D eigenvalue weighted by atomic mass is 10.1. The van der Waals surface area contributed by atoms with Gasteiger partial charge in [0, 0.05) is 12.6 Å². The molecule has 0 bridgehead atoms. The Morgan fingerprint density at radius 1 is 1.39 bits per heavy atom. The van der Waals surface area contributed by atoms with Gasteiger partial charge in [0.1, 0.15) is 0 Å². The Hall–Kier alpha value is -1.35. The molecule has 1 amide bonds. The summed E-state index contributed by atoms with van der Waals surface area (Å²) in [5.74, 6) is 0.209. The van der Waals surface area contributed by atoms with Gasteiger partial charge in [-0.25, -0.2) is 0 Å². The van der Waals surface area contributed by atoms with Gasteiger partial charge in [0.25, 0.3) is 0 Å². The first-order chi connectivity index (χ1) is 8.61. The molecule has 1 unspecified atom stereocenters. The van der Waals surface area contributed by atoms with Crippen LogP contribution >= 0.6 is 0 Å². The van der Waals surface area contributed by atoms with Crippen molar-refractivity contribution in [3.05, 3.63) is 35.4 Å². The third-order valence-corrected chi connectivity index (χ3v) is 3.55. The lowest BCUT2D eigenvalue weighted by Crippen LogP contribution is -2.44. The number of amides is 1. The third kappa shape index (κ3) is 3.10. The van der Waals surface area contributed by atoms with Crippen LogP contribution in [0, 0.1) is 6.92 Å². The summed E-state index contributed by atoms with van der Waals surface area (Å²) in [7, 11) is 1.83. The topological polar surface area (TPSA) is 32.3 Å². The average Bonchev–Trinajstić information content (AvgIpc) is 3.20. The van der Waals surface area contributed by atoms with E-state index in [-0.39, 0.29) is 11.9 Å². The molecular weight excluding hydrogens is 224 g/mol. The van der Waals surface area contributed by atoms with Gasteiger partial charge in [-0.2, -0.15) is 0 Å². The van der Waals surface area contributed by atoms with Gasteiger partial charge in [-0.05, 0) is 39.3 Å². The second-order valence-corrected chi connectivity index (χ2v) is 5.19. The van der Waals surface area contributed by atoms with Gasteiger partial charge in [0.05, 0.1) is 6.04 Å². The van der Waals surface area contributed by atoms with Crippen LogP contribution in [0.15, 0.2) is 24.3 Å². The van der Waals surface area contributed by atoms with Crippen LogP contribution in [0.2, 0.25) is 0 Å². The van der Waals surface area contributed by atoms with E-state index in [1.807, 2.05) is 18.9 Å². The third-order valence-electron chi connectivity index (χ3n) is 3.55. The molecule has 1 saturated carbocycles. The number of aryl methyl sites for hydroxylation is 1. The first-order valence-electron chi connectivity index (χ1n) is 6.65. The maximum absolute atomic E-state index is 12.3. The average molecular weight is 246 g/mol. The Labute approximate surface area is 109 Å². The fourth-order valence-corrected chi connectivity index (χ4v) is 2.04. The highest BCUT2D eigenvalue weighted by atomic mass is 16.2. The second kappa shape index (κ2) is 5.53. The number of hydrogen-bond acceptors (Lipinski definition) is 2. The SMILES string of the molecule is CNC(C)C(=O)N(Cc1ccc(C)cc1)C1CC1. The molecule has 0 heterocycles. The van der Waals surface area contributed by atoms with Crippen molar-refractivity contribution >= 4 is 5.91 Å². The molecule has 1 aromatic carbocycles. The van der Waals surface area contributed by atoms with Crippen LogP contribution in [-0.4, -0.2) is 29.9 Å². The van der Waals surface area contributed by atoms with E-state index < -0.39 is 0 Å². The normalized spacial score (nSPS) is 16.4. The van der Waals surface area contributed by atoms with E-state index in [0.717, 1.165) is 19.4 Å². The molecule has 2 rings (SSSR count). The van der Waals surface area contributed by atoms with Crippen LogP contribution in [0.1, 0.15) is 30.9 Å². The Morgan fingerprint density at radius 2 is 2.00 bits per heavy atom. The second-order valence-electron chi connectivity index (χ2n) is 5.19. The summed E-state index contributed by atoms with van der Waals surface area (Å²) >= 11 is 0. The first kappa shape index (κ1) is 13.1. The lowest BCUT2D eigenvalue weighted by Gasteiger charge is -2.25. The zero-order valence-electron chi connectivity index (χ0n) is 11.4. The van der Waals surface area contributed by atoms with Crippen molar-refractivity contribution in [3.63, 3.8) is 0 Å². The number of carbonyl (C=O) groups excluding carboxylic acids is 1. The van der Waals surface area contributed by atoms with Crippen molar-refractivity contribution in [2.45, 2.75) is 45.3 Å². The fraction of sp³-hybridized carbons (Fsp3) is 0.533. The molecule has 1 fully saturated rings. The summed E-state index contributed by atoms with van der Waals surface area (Å²) in [5, 5.41) is 3.03. The molecule has 0 aliphatic heterocycles. The predicted molar refractivity (Wildman–Crippen MR) is 73.3 cm³/mol. The van der Waals surface area contributed by atoms with Crippen molar-refractivity contribution in [2.24, 2.45) is 0 Å². The van der Waals surface area contributed by atoms with Gasteiger partial charge in [-0.3, -0.25) is 4.79 Å². The van der Waals surface area contributed by atoms with Gasteiger partial charge in [-0.15, -0.1) is 0 Å². The molecule has 1 aliphatic rings. The minimum atomic E-state index is -0.101. The van der Waals surface area contributed by atoms with E-state index >= 15 is 0 Å². The zero-order chi connectivity index (χ0) is 13.1. The first-order valence-corrected chi connectivity index (χ1v) is 6.65. The van der Waals surface area contributed by atoms with Crippen molar-refractivity contribution < 1.29 is 4.79 Å². The summed E-state index contributed by atoms with van der Waals surface area (Å²) in [5.41, 5.74) is 2.47. The van der Waals surface area contributed by atoms with E-state index in [1.165, 1.54) is 11.1 Å². The standard InChI is InChI=1S/C15H22N2O/c1-11-4-6-13(7-5-11)10-17(14-8-9-14)15(18)12(2)16-3/h4-7,12,14,16H,8-10H2,1-3H3. The molecule has 1 atom stereocenters. The summed E-state index contributed by atoms with van der Waals surface area (Å²) in [4.78, 5) is 14.3. The number of carbonyl (C=O) groups is 1. The quantitative estimate of drug-likeness (QED) is 0.863. The van der Waals surface area contributed by atoms with Crippen LogP contribution in [0.4, 0.5) is 0 Å². The summed E-state index contributed by atoms with van der Waals surface area (Å²) in [6, 6.07) is 8.79. The summed E-state index contributed by atoms with van der Waals surface area (Å²) < 4.78 is 0. The number of likely N-dealkylation sites (N-methyl/N-ethyl adjacent to an activating group) is 1. The minimum Gasteiger partial charge on any atom is -0.334 e. The summed E-state index contributed by atoms with van der Waals surface area (Å²) in [6.07, 6.45) is 2.29. The van der Waals surface area contributed by atoms with Crippen LogP contribution in [0.5, 0.6) is 0 Å². The number of rotatable bonds is 5. The maximum Gasteiger partial charge on any atom is 0.239 e. The number of hydrogen-bond donors (Lipinski definition) is 1. The Kier molecular flexibility index (Phi) is 4.02. The molecule has 0 aromatic heterocycles. The van der Waals surface area contributed by atoms with E-state index in [0.29, 0.717) is 6.04 Å². The molecule has 1 aromatic rings. The molecule has 3 nitrogen and oxygen atoms in total. The molecule has 1 N–H and O–H groups in total. The molecule has 0 saturated heterocycles. The van der Waals surface area contributed by atoms with E-state index in [1.54, 1.807) is 0 Å². The van der Waals surface area contributed by atoms with Gasteiger partial charge in [0.15, 0.2) is 0 Å². The van der Waals surface area contributed by atoms with Crippen LogP contribution < -0.4 is 5.32 Å².